The maximum Gasteiger partial charge on any atom is 0.337 e. The number of carbonyl (C=O) groups excluding carboxylic acids is 2. The third-order valence-electron chi connectivity index (χ3n) is 7.98. The number of carbonyl (C=O) groups is 2. The molecule has 6 heteroatoms. The highest BCUT2D eigenvalue weighted by Crippen LogP contribution is 2.38. The van der Waals surface area contributed by atoms with E-state index < -0.39 is 0 Å². The molecule has 2 aliphatic rings. The molecule has 5 nitrogen and oxygen atoms in total. The molecule has 1 aliphatic heterocycles. The van der Waals surface area contributed by atoms with Crippen LogP contribution in [-0.4, -0.2) is 24.7 Å². The van der Waals surface area contributed by atoms with E-state index in [1.54, 1.807) is 17.8 Å². The van der Waals surface area contributed by atoms with Crippen molar-refractivity contribution in [3.8, 4) is 0 Å². The van der Waals surface area contributed by atoms with Gasteiger partial charge < -0.3 is 15.8 Å². The number of ether oxygens (including phenoxy) is 1. The average molecular weight is 573 g/mol. The number of nitrogens with one attached hydrogen (secondary N) is 1. The van der Waals surface area contributed by atoms with E-state index in [9.17, 15) is 9.59 Å². The van der Waals surface area contributed by atoms with Crippen molar-refractivity contribution in [2.45, 2.75) is 25.3 Å². The van der Waals surface area contributed by atoms with Crippen molar-refractivity contribution in [1.82, 2.24) is 5.32 Å². The van der Waals surface area contributed by atoms with Crippen LogP contribution >= 0.6 is 11.8 Å². The first-order valence-electron chi connectivity index (χ1n) is 14.1. The first-order valence-corrected chi connectivity index (χ1v) is 15.2. The molecule has 7 rings (SSSR count). The highest BCUT2D eigenvalue weighted by molar-refractivity contribution is 8.02. The van der Waals surface area contributed by atoms with Crippen LogP contribution in [0, 0.1) is 0 Å². The standard InChI is InChI=1S/C29H24N2O.C7H8O2S/c30-26-17-21-8-2-1-7-20(21)16-25(26)29(32)31-27-11-5-9-19-13-14-23-22-10-4-3-6-18(22)12-15-24(23)28(19)27;1-9-7(8)6-2-4-10-5-3-6/h1-4,6-8,10,12-17,27H,5,9,11,30H2,(H,31,32);2-4H,5H2,1H3. The number of thioether (sulfide) groups is 1. The molecule has 1 aliphatic carbocycles. The Kier molecular flexibility index (Phi) is 7.97. The number of methoxy groups -OCH3 is 1. The van der Waals surface area contributed by atoms with E-state index in [1.807, 2.05) is 47.9 Å². The summed E-state index contributed by atoms with van der Waals surface area (Å²) in [4.78, 5) is 24.2. The molecule has 0 saturated carbocycles. The predicted octanol–water partition coefficient (Wildman–Crippen LogP) is 7.88. The molecular formula is C36H32N2O3S. The van der Waals surface area contributed by atoms with Crippen LogP contribution in [0.15, 0.2) is 108 Å². The number of rotatable bonds is 3. The van der Waals surface area contributed by atoms with E-state index in [0.29, 0.717) is 16.8 Å². The highest BCUT2D eigenvalue weighted by atomic mass is 32.2. The maximum absolute atomic E-state index is 13.3. The minimum absolute atomic E-state index is 0.0259. The molecule has 0 aromatic heterocycles. The van der Waals surface area contributed by atoms with E-state index in [0.717, 1.165) is 35.8 Å². The summed E-state index contributed by atoms with van der Waals surface area (Å²) < 4.78 is 4.52. The minimum atomic E-state index is -0.253. The fourth-order valence-corrected chi connectivity index (χ4v) is 6.54. The minimum Gasteiger partial charge on any atom is -0.465 e. The van der Waals surface area contributed by atoms with Crippen molar-refractivity contribution in [2.75, 3.05) is 18.6 Å². The second-order valence-corrected chi connectivity index (χ2v) is 11.5. The van der Waals surface area contributed by atoms with Crippen molar-refractivity contribution in [1.29, 1.82) is 0 Å². The van der Waals surface area contributed by atoms with Gasteiger partial charge in [-0.05, 0) is 86.3 Å². The number of amides is 1. The van der Waals surface area contributed by atoms with Gasteiger partial charge in [-0.1, -0.05) is 78.9 Å². The van der Waals surface area contributed by atoms with Gasteiger partial charge in [0.1, 0.15) is 0 Å². The lowest BCUT2D eigenvalue weighted by Crippen LogP contribution is -2.31. The Hall–Kier alpha value is -4.55. The number of hydrogen-bond donors (Lipinski definition) is 2. The summed E-state index contributed by atoms with van der Waals surface area (Å²) in [6, 6.07) is 29.1. The fourth-order valence-electron chi connectivity index (χ4n) is 5.91. The number of anilines is 1. The van der Waals surface area contributed by atoms with Crippen LogP contribution in [0.3, 0.4) is 0 Å². The summed E-state index contributed by atoms with van der Waals surface area (Å²) in [5.74, 6) is 0.501. The molecule has 210 valence electrons. The Morgan fingerprint density at radius 1 is 0.881 bits per heavy atom. The number of fused-ring (bicyclic) bond motifs is 6. The number of hydrogen-bond acceptors (Lipinski definition) is 5. The second kappa shape index (κ2) is 12.1. The lowest BCUT2D eigenvalue weighted by molar-refractivity contribution is -0.135. The van der Waals surface area contributed by atoms with Crippen LogP contribution in [0.25, 0.3) is 32.3 Å². The van der Waals surface area contributed by atoms with Gasteiger partial charge in [-0.25, -0.2) is 4.79 Å². The molecule has 5 aromatic carbocycles. The summed E-state index contributed by atoms with van der Waals surface area (Å²) in [5, 5.41) is 12.2. The molecule has 3 N–H and O–H groups in total. The van der Waals surface area contributed by atoms with Crippen LogP contribution in [0.1, 0.15) is 40.4 Å². The molecule has 0 fully saturated rings. The van der Waals surface area contributed by atoms with Crippen molar-refractivity contribution < 1.29 is 14.3 Å². The van der Waals surface area contributed by atoms with E-state index in [1.165, 1.54) is 39.8 Å². The lowest BCUT2D eigenvalue weighted by Gasteiger charge is -2.28. The lowest BCUT2D eigenvalue weighted by atomic mass is 9.83. The first kappa shape index (κ1) is 27.6. The molecule has 1 unspecified atom stereocenters. The SMILES string of the molecule is COC(=O)C1=CCSC=C1.Nc1cc2ccccc2cc1C(=O)NC1CCCc2ccc3c(ccc4ccccc43)c21. The Balaban J connectivity index is 0.000000269. The van der Waals surface area contributed by atoms with E-state index in [2.05, 4.69) is 58.6 Å². The number of nitrogen functional groups attached to an aromatic ring is 1. The highest BCUT2D eigenvalue weighted by Gasteiger charge is 2.25. The van der Waals surface area contributed by atoms with Crippen molar-refractivity contribution >= 4 is 61.6 Å². The summed E-state index contributed by atoms with van der Waals surface area (Å²) in [6.07, 6.45) is 6.65. The van der Waals surface area contributed by atoms with Gasteiger partial charge in [-0.2, -0.15) is 0 Å². The monoisotopic (exact) mass is 572 g/mol. The second-order valence-electron chi connectivity index (χ2n) is 10.5. The molecule has 42 heavy (non-hydrogen) atoms. The van der Waals surface area contributed by atoms with Gasteiger partial charge in [-0.15, -0.1) is 11.8 Å². The van der Waals surface area contributed by atoms with Crippen LogP contribution in [0.2, 0.25) is 0 Å². The van der Waals surface area contributed by atoms with Gasteiger partial charge in [0.2, 0.25) is 0 Å². The van der Waals surface area contributed by atoms with Gasteiger partial charge in [0.05, 0.1) is 24.3 Å². The topological polar surface area (TPSA) is 81.4 Å². The van der Waals surface area contributed by atoms with Crippen LogP contribution < -0.4 is 11.1 Å². The summed E-state index contributed by atoms with van der Waals surface area (Å²) >= 11 is 1.66. The first-order chi connectivity index (χ1) is 20.5. The van der Waals surface area contributed by atoms with Crippen molar-refractivity contribution in [3.05, 3.63) is 125 Å². The molecule has 0 bridgehead atoms. The predicted molar refractivity (Wildman–Crippen MR) is 175 cm³/mol. The van der Waals surface area contributed by atoms with Gasteiger partial charge in [-0.3, -0.25) is 4.79 Å². The molecule has 0 radical (unpaired) electrons. The van der Waals surface area contributed by atoms with Crippen molar-refractivity contribution in [2.24, 2.45) is 0 Å². The Morgan fingerprint density at radius 3 is 2.38 bits per heavy atom. The molecule has 5 aromatic rings. The smallest absolute Gasteiger partial charge is 0.337 e. The fraction of sp³-hybridized carbons (Fsp3) is 0.167. The third kappa shape index (κ3) is 5.50. The molecule has 1 heterocycles. The molecule has 0 saturated heterocycles. The Morgan fingerprint density at radius 2 is 1.62 bits per heavy atom. The van der Waals surface area contributed by atoms with E-state index >= 15 is 0 Å². The third-order valence-corrected chi connectivity index (χ3v) is 8.67. The zero-order valence-electron chi connectivity index (χ0n) is 23.4. The number of esters is 1. The normalized spacial score (nSPS) is 15.8. The van der Waals surface area contributed by atoms with Crippen molar-refractivity contribution in [3.63, 3.8) is 0 Å². The summed E-state index contributed by atoms with van der Waals surface area (Å²) in [7, 11) is 1.39. The number of aryl methyl sites for hydroxylation is 1. The van der Waals surface area contributed by atoms with Crippen LogP contribution in [0.5, 0.6) is 0 Å². The number of benzene rings is 5. The molecule has 0 spiro atoms. The van der Waals surface area contributed by atoms with Gasteiger partial charge in [0.15, 0.2) is 0 Å². The molecule has 1 atom stereocenters. The quantitative estimate of drug-likeness (QED) is 0.131. The molecule has 1 amide bonds. The van der Waals surface area contributed by atoms with E-state index in [-0.39, 0.29) is 17.9 Å². The number of nitrogens with two attached hydrogens (primary N) is 1. The summed E-state index contributed by atoms with van der Waals surface area (Å²) in [5.41, 5.74) is 10.6. The van der Waals surface area contributed by atoms with Crippen LogP contribution in [-0.2, 0) is 16.0 Å². The zero-order valence-corrected chi connectivity index (χ0v) is 24.2. The molecular weight excluding hydrogens is 540 g/mol. The van der Waals surface area contributed by atoms with Gasteiger partial charge in [0, 0.05) is 11.4 Å². The average Bonchev–Trinajstić information content (AvgIpc) is 3.04. The zero-order chi connectivity index (χ0) is 29.1. The Bertz CT molecular complexity index is 1890. The van der Waals surface area contributed by atoms with Gasteiger partial charge in [0.25, 0.3) is 5.91 Å². The van der Waals surface area contributed by atoms with Crippen LogP contribution in [0.4, 0.5) is 5.69 Å². The maximum atomic E-state index is 13.3. The van der Waals surface area contributed by atoms with Gasteiger partial charge >= 0.3 is 5.97 Å². The summed E-state index contributed by atoms with van der Waals surface area (Å²) in [6.45, 7) is 0. The Labute approximate surface area is 249 Å². The van der Waals surface area contributed by atoms with E-state index in [4.69, 9.17) is 5.73 Å². The largest absolute Gasteiger partial charge is 0.465 e.